The van der Waals surface area contributed by atoms with Crippen LogP contribution in [0.1, 0.15) is 30.5 Å². The Bertz CT molecular complexity index is 970. The summed E-state index contributed by atoms with van der Waals surface area (Å²) >= 11 is 0. The van der Waals surface area contributed by atoms with Gasteiger partial charge < -0.3 is 14.8 Å². The second kappa shape index (κ2) is 10.3. The monoisotopic (exact) mass is 406 g/mol. The zero-order valence-electron chi connectivity index (χ0n) is 17.3. The topological polar surface area (TPSA) is 73.6 Å². The summed E-state index contributed by atoms with van der Waals surface area (Å²) < 4.78 is 11.7. The summed E-state index contributed by atoms with van der Waals surface area (Å²) in [6.45, 7) is 5.58. The number of nitrogens with one attached hydrogen (secondary N) is 1. The number of non-ortho nitro benzene ring substituents is 1. The number of nitro benzene ring substituents is 1. The van der Waals surface area contributed by atoms with Crippen molar-refractivity contribution < 1.29 is 14.4 Å². The van der Waals surface area contributed by atoms with Crippen molar-refractivity contribution in [2.45, 2.75) is 33.4 Å². The van der Waals surface area contributed by atoms with Gasteiger partial charge in [0.05, 0.1) is 11.5 Å². The summed E-state index contributed by atoms with van der Waals surface area (Å²) in [6.07, 6.45) is 1.03. The highest BCUT2D eigenvalue weighted by atomic mass is 16.6. The minimum atomic E-state index is -0.414. The van der Waals surface area contributed by atoms with Crippen molar-refractivity contribution in [2.24, 2.45) is 0 Å². The van der Waals surface area contributed by atoms with Crippen LogP contribution in [-0.4, -0.2) is 11.5 Å². The lowest BCUT2D eigenvalue weighted by Gasteiger charge is -2.14. The molecule has 0 fully saturated rings. The second-order valence-corrected chi connectivity index (χ2v) is 6.83. The first kappa shape index (κ1) is 21.2. The average molecular weight is 406 g/mol. The predicted molar refractivity (Wildman–Crippen MR) is 118 cm³/mol. The molecule has 0 aliphatic carbocycles. The van der Waals surface area contributed by atoms with E-state index >= 15 is 0 Å². The molecule has 0 heterocycles. The zero-order chi connectivity index (χ0) is 21.3. The maximum Gasteiger partial charge on any atom is 0.269 e. The molecule has 0 unspecified atom stereocenters. The Morgan fingerprint density at radius 1 is 0.833 bits per heavy atom. The molecule has 0 atom stereocenters. The molecule has 0 saturated carbocycles. The SMILES string of the molecule is CCOc1cc(CNc2ccc(CC)cc2)ccc1OCc1ccc([N+](=O)[O-])cc1. The lowest BCUT2D eigenvalue weighted by Crippen LogP contribution is -2.03. The van der Waals surface area contributed by atoms with Gasteiger partial charge in [0, 0.05) is 24.4 Å². The summed E-state index contributed by atoms with van der Waals surface area (Å²) in [5.74, 6) is 1.33. The van der Waals surface area contributed by atoms with Gasteiger partial charge in [0.1, 0.15) is 6.61 Å². The third kappa shape index (κ3) is 5.73. The highest BCUT2D eigenvalue weighted by molar-refractivity contribution is 5.47. The van der Waals surface area contributed by atoms with E-state index in [0.717, 1.165) is 23.2 Å². The Morgan fingerprint density at radius 3 is 2.13 bits per heavy atom. The van der Waals surface area contributed by atoms with Crippen LogP contribution in [0.15, 0.2) is 66.7 Å². The largest absolute Gasteiger partial charge is 0.490 e. The smallest absolute Gasteiger partial charge is 0.269 e. The molecule has 3 rings (SSSR count). The Labute approximate surface area is 176 Å². The molecule has 0 aliphatic rings. The summed E-state index contributed by atoms with van der Waals surface area (Å²) in [5.41, 5.74) is 4.39. The molecule has 0 aliphatic heterocycles. The van der Waals surface area contributed by atoms with Gasteiger partial charge in [-0.25, -0.2) is 0 Å². The van der Waals surface area contributed by atoms with Gasteiger partial charge in [-0.2, -0.15) is 0 Å². The zero-order valence-corrected chi connectivity index (χ0v) is 17.3. The van der Waals surface area contributed by atoms with Crippen LogP contribution in [0.5, 0.6) is 11.5 Å². The molecular formula is C24H26N2O4. The van der Waals surface area contributed by atoms with Gasteiger partial charge in [-0.05, 0) is 66.4 Å². The van der Waals surface area contributed by atoms with Crippen molar-refractivity contribution in [3.63, 3.8) is 0 Å². The normalized spacial score (nSPS) is 10.5. The molecule has 6 heteroatoms. The molecule has 0 aromatic heterocycles. The van der Waals surface area contributed by atoms with E-state index in [4.69, 9.17) is 9.47 Å². The number of nitro groups is 1. The number of benzene rings is 3. The van der Waals surface area contributed by atoms with Crippen molar-refractivity contribution >= 4 is 11.4 Å². The van der Waals surface area contributed by atoms with Crippen LogP contribution in [0.25, 0.3) is 0 Å². The number of rotatable bonds is 10. The van der Waals surface area contributed by atoms with Gasteiger partial charge in [-0.3, -0.25) is 10.1 Å². The summed E-state index contributed by atoms with van der Waals surface area (Å²) in [7, 11) is 0. The molecule has 3 aromatic rings. The van der Waals surface area contributed by atoms with E-state index in [0.29, 0.717) is 31.3 Å². The van der Waals surface area contributed by atoms with E-state index < -0.39 is 4.92 Å². The molecule has 0 amide bonds. The maximum absolute atomic E-state index is 10.8. The molecule has 0 radical (unpaired) electrons. The Balaban J connectivity index is 1.64. The number of hydrogen-bond donors (Lipinski definition) is 1. The summed E-state index contributed by atoms with van der Waals surface area (Å²) in [6, 6.07) is 20.6. The molecule has 0 bridgehead atoms. The number of hydrogen-bond acceptors (Lipinski definition) is 5. The minimum Gasteiger partial charge on any atom is -0.490 e. The van der Waals surface area contributed by atoms with E-state index in [1.807, 2.05) is 25.1 Å². The average Bonchev–Trinajstić information content (AvgIpc) is 2.78. The van der Waals surface area contributed by atoms with E-state index in [1.165, 1.54) is 17.7 Å². The third-order valence-electron chi connectivity index (χ3n) is 4.71. The van der Waals surface area contributed by atoms with Crippen LogP contribution < -0.4 is 14.8 Å². The van der Waals surface area contributed by atoms with Crippen LogP contribution in [-0.2, 0) is 19.6 Å². The van der Waals surface area contributed by atoms with Gasteiger partial charge in [0.25, 0.3) is 5.69 Å². The number of nitrogens with zero attached hydrogens (tertiary/aromatic N) is 1. The van der Waals surface area contributed by atoms with Crippen molar-refractivity contribution in [2.75, 3.05) is 11.9 Å². The van der Waals surface area contributed by atoms with Crippen LogP contribution in [0.3, 0.4) is 0 Å². The quantitative estimate of drug-likeness (QED) is 0.343. The third-order valence-corrected chi connectivity index (χ3v) is 4.71. The first-order valence-electron chi connectivity index (χ1n) is 10.0. The predicted octanol–water partition coefficient (Wildman–Crippen LogP) is 5.75. The van der Waals surface area contributed by atoms with Gasteiger partial charge in [-0.15, -0.1) is 0 Å². The number of ether oxygens (including phenoxy) is 2. The number of anilines is 1. The van der Waals surface area contributed by atoms with Crippen LogP contribution in [0.2, 0.25) is 0 Å². The lowest BCUT2D eigenvalue weighted by molar-refractivity contribution is -0.384. The van der Waals surface area contributed by atoms with Crippen molar-refractivity contribution in [3.05, 3.63) is 93.5 Å². The molecule has 0 spiro atoms. The standard InChI is InChI=1S/C24H26N2O4/c1-3-18-5-10-21(11-6-18)25-16-20-9-14-23(24(15-20)29-4-2)30-17-19-7-12-22(13-8-19)26(27)28/h5-15,25H,3-4,16-17H2,1-2H3. The van der Waals surface area contributed by atoms with Crippen molar-refractivity contribution in [1.29, 1.82) is 0 Å². The molecule has 30 heavy (non-hydrogen) atoms. The fourth-order valence-corrected chi connectivity index (χ4v) is 2.99. The minimum absolute atomic E-state index is 0.0648. The van der Waals surface area contributed by atoms with Crippen molar-refractivity contribution in [1.82, 2.24) is 0 Å². The van der Waals surface area contributed by atoms with Crippen LogP contribution >= 0.6 is 0 Å². The second-order valence-electron chi connectivity index (χ2n) is 6.83. The van der Waals surface area contributed by atoms with Gasteiger partial charge in [0.15, 0.2) is 11.5 Å². The van der Waals surface area contributed by atoms with E-state index in [9.17, 15) is 10.1 Å². The van der Waals surface area contributed by atoms with Crippen LogP contribution in [0.4, 0.5) is 11.4 Å². The fourth-order valence-electron chi connectivity index (χ4n) is 2.99. The first-order valence-corrected chi connectivity index (χ1v) is 10.0. The highest BCUT2D eigenvalue weighted by Gasteiger charge is 2.09. The van der Waals surface area contributed by atoms with Crippen molar-refractivity contribution in [3.8, 4) is 11.5 Å². The highest BCUT2D eigenvalue weighted by Crippen LogP contribution is 2.30. The molecular weight excluding hydrogens is 380 g/mol. The lowest BCUT2D eigenvalue weighted by atomic mass is 10.1. The Morgan fingerprint density at radius 2 is 1.50 bits per heavy atom. The van der Waals surface area contributed by atoms with Gasteiger partial charge >= 0.3 is 0 Å². The molecule has 1 N–H and O–H groups in total. The molecule has 156 valence electrons. The fraction of sp³-hybridized carbons (Fsp3) is 0.250. The van der Waals surface area contributed by atoms with E-state index in [2.05, 4.69) is 36.5 Å². The Kier molecular flexibility index (Phi) is 7.27. The van der Waals surface area contributed by atoms with Crippen LogP contribution in [0, 0.1) is 10.1 Å². The maximum atomic E-state index is 10.8. The van der Waals surface area contributed by atoms with E-state index in [1.54, 1.807) is 12.1 Å². The number of aryl methyl sites for hydroxylation is 1. The first-order chi connectivity index (χ1) is 14.6. The molecule has 3 aromatic carbocycles. The Hall–Kier alpha value is -3.54. The summed E-state index contributed by atoms with van der Waals surface area (Å²) in [4.78, 5) is 10.4. The molecule has 0 saturated heterocycles. The van der Waals surface area contributed by atoms with E-state index in [-0.39, 0.29) is 5.69 Å². The van der Waals surface area contributed by atoms with Gasteiger partial charge in [0.2, 0.25) is 0 Å². The molecule has 6 nitrogen and oxygen atoms in total. The summed E-state index contributed by atoms with van der Waals surface area (Å²) in [5, 5.41) is 14.2. The van der Waals surface area contributed by atoms with Gasteiger partial charge in [-0.1, -0.05) is 25.1 Å².